The lowest BCUT2D eigenvalue weighted by molar-refractivity contribution is 0.0436. The van der Waals surface area contributed by atoms with Gasteiger partial charge < -0.3 is 5.32 Å². The minimum absolute atomic E-state index is 0.299. The fraction of sp³-hybridized carbons (Fsp3) is 0.643. The lowest BCUT2D eigenvalue weighted by atomic mass is 9.88. The minimum atomic E-state index is 0.299. The van der Waals surface area contributed by atoms with Crippen molar-refractivity contribution in [1.29, 1.82) is 0 Å². The van der Waals surface area contributed by atoms with E-state index in [0.29, 0.717) is 5.54 Å². The van der Waals surface area contributed by atoms with Crippen LogP contribution >= 0.6 is 15.9 Å². The Kier molecular flexibility index (Phi) is 4.76. The molecule has 2 heterocycles. The molecule has 0 unspecified atom stereocenters. The number of nitrogens with zero attached hydrogens (tertiary/aromatic N) is 2. The molecule has 1 N–H and O–H groups in total. The number of hydrogen-bond donors (Lipinski definition) is 1. The van der Waals surface area contributed by atoms with Gasteiger partial charge in [0.05, 0.1) is 5.69 Å². The maximum absolute atomic E-state index is 4.50. The molecule has 1 fully saturated rings. The molecular formula is C14H22BrN3. The first-order valence-electron chi connectivity index (χ1n) is 6.76. The van der Waals surface area contributed by atoms with Gasteiger partial charge in [0.2, 0.25) is 0 Å². The van der Waals surface area contributed by atoms with Crippen LogP contribution in [-0.4, -0.2) is 35.1 Å². The quantitative estimate of drug-likeness (QED) is 0.927. The number of pyridine rings is 1. The minimum Gasteiger partial charge on any atom is -0.314 e. The van der Waals surface area contributed by atoms with Crippen LogP contribution in [-0.2, 0) is 6.54 Å². The second kappa shape index (κ2) is 6.13. The standard InChI is InChI=1S/C14H22BrN3/c1-3-14(4-2)11-16-7-8-18(14)10-13-6-5-12(15)9-17-13/h5-6,9,16H,3-4,7-8,10-11H2,1-2H3. The monoisotopic (exact) mass is 311 g/mol. The second-order valence-electron chi connectivity index (χ2n) is 5.00. The largest absolute Gasteiger partial charge is 0.314 e. The maximum atomic E-state index is 4.50. The Morgan fingerprint density at radius 3 is 2.78 bits per heavy atom. The van der Waals surface area contributed by atoms with Crippen LogP contribution in [0.2, 0.25) is 0 Å². The fourth-order valence-corrected chi connectivity index (χ4v) is 3.01. The van der Waals surface area contributed by atoms with Gasteiger partial charge >= 0.3 is 0 Å². The van der Waals surface area contributed by atoms with E-state index in [1.807, 2.05) is 6.20 Å². The molecule has 0 amide bonds. The highest BCUT2D eigenvalue weighted by Gasteiger charge is 2.35. The molecule has 0 aliphatic carbocycles. The summed E-state index contributed by atoms with van der Waals surface area (Å²) in [7, 11) is 0. The van der Waals surface area contributed by atoms with Crippen LogP contribution < -0.4 is 5.32 Å². The number of halogens is 1. The van der Waals surface area contributed by atoms with Crippen LogP contribution in [0, 0.1) is 0 Å². The Labute approximate surface area is 118 Å². The summed E-state index contributed by atoms with van der Waals surface area (Å²) in [6.45, 7) is 8.82. The summed E-state index contributed by atoms with van der Waals surface area (Å²) >= 11 is 3.43. The highest BCUT2D eigenvalue weighted by molar-refractivity contribution is 9.10. The molecule has 1 saturated heterocycles. The molecule has 18 heavy (non-hydrogen) atoms. The van der Waals surface area contributed by atoms with Crippen molar-refractivity contribution < 1.29 is 0 Å². The van der Waals surface area contributed by atoms with Gasteiger partial charge in [-0.2, -0.15) is 0 Å². The Morgan fingerprint density at radius 2 is 2.17 bits per heavy atom. The Bertz CT molecular complexity index is 373. The summed E-state index contributed by atoms with van der Waals surface area (Å²) in [5, 5.41) is 3.53. The molecule has 2 rings (SSSR count). The van der Waals surface area contributed by atoms with E-state index in [4.69, 9.17) is 0 Å². The van der Waals surface area contributed by atoms with Crippen molar-refractivity contribution in [3.63, 3.8) is 0 Å². The van der Waals surface area contributed by atoms with Crippen molar-refractivity contribution in [2.45, 2.75) is 38.8 Å². The molecule has 0 aromatic carbocycles. The third kappa shape index (κ3) is 2.92. The molecule has 4 heteroatoms. The fourth-order valence-electron chi connectivity index (χ4n) is 2.77. The average Bonchev–Trinajstić information content (AvgIpc) is 2.42. The van der Waals surface area contributed by atoms with Crippen LogP contribution in [0.4, 0.5) is 0 Å². The molecule has 0 atom stereocenters. The molecule has 0 spiro atoms. The zero-order valence-electron chi connectivity index (χ0n) is 11.2. The van der Waals surface area contributed by atoms with Crippen molar-refractivity contribution in [3.8, 4) is 0 Å². The van der Waals surface area contributed by atoms with E-state index < -0.39 is 0 Å². The molecule has 100 valence electrons. The van der Waals surface area contributed by atoms with Crippen LogP contribution in [0.3, 0.4) is 0 Å². The van der Waals surface area contributed by atoms with Crippen molar-refractivity contribution in [2.75, 3.05) is 19.6 Å². The highest BCUT2D eigenvalue weighted by Crippen LogP contribution is 2.27. The lowest BCUT2D eigenvalue weighted by Crippen LogP contribution is -2.60. The molecule has 0 bridgehead atoms. The van der Waals surface area contributed by atoms with Gasteiger partial charge in [-0.3, -0.25) is 9.88 Å². The lowest BCUT2D eigenvalue weighted by Gasteiger charge is -2.47. The van der Waals surface area contributed by atoms with Crippen molar-refractivity contribution >= 4 is 15.9 Å². The van der Waals surface area contributed by atoms with E-state index in [1.54, 1.807) is 0 Å². The molecule has 1 aromatic rings. The predicted octanol–water partition coefficient (Wildman–Crippen LogP) is 2.81. The normalized spacial score (nSPS) is 19.9. The van der Waals surface area contributed by atoms with Gasteiger partial charge in [0.15, 0.2) is 0 Å². The van der Waals surface area contributed by atoms with Gasteiger partial charge in [-0.05, 0) is 40.9 Å². The van der Waals surface area contributed by atoms with Gasteiger partial charge in [0.25, 0.3) is 0 Å². The number of piperazine rings is 1. The topological polar surface area (TPSA) is 28.2 Å². The van der Waals surface area contributed by atoms with Crippen LogP contribution in [0.1, 0.15) is 32.4 Å². The van der Waals surface area contributed by atoms with Gasteiger partial charge in [0, 0.05) is 42.4 Å². The Hall–Kier alpha value is -0.450. The Balaban J connectivity index is 2.12. The van der Waals surface area contributed by atoms with E-state index in [0.717, 1.165) is 36.3 Å². The van der Waals surface area contributed by atoms with Gasteiger partial charge in [-0.15, -0.1) is 0 Å². The summed E-state index contributed by atoms with van der Waals surface area (Å²) in [6, 6.07) is 4.19. The maximum Gasteiger partial charge on any atom is 0.0545 e. The smallest absolute Gasteiger partial charge is 0.0545 e. The average molecular weight is 312 g/mol. The summed E-state index contributed by atoms with van der Waals surface area (Å²) in [5.74, 6) is 0. The van der Waals surface area contributed by atoms with Crippen LogP contribution in [0.25, 0.3) is 0 Å². The third-order valence-corrected chi connectivity index (χ3v) is 4.61. The first-order chi connectivity index (χ1) is 8.70. The van der Waals surface area contributed by atoms with Crippen LogP contribution in [0.5, 0.6) is 0 Å². The van der Waals surface area contributed by atoms with Gasteiger partial charge in [0.1, 0.15) is 0 Å². The molecule has 1 aliphatic rings. The van der Waals surface area contributed by atoms with E-state index in [1.165, 1.54) is 12.8 Å². The van der Waals surface area contributed by atoms with Crippen LogP contribution in [0.15, 0.2) is 22.8 Å². The molecular weight excluding hydrogens is 290 g/mol. The molecule has 0 radical (unpaired) electrons. The Morgan fingerprint density at radius 1 is 1.39 bits per heavy atom. The first kappa shape index (κ1) is 14.0. The van der Waals surface area contributed by atoms with E-state index in [-0.39, 0.29) is 0 Å². The number of hydrogen-bond acceptors (Lipinski definition) is 3. The van der Waals surface area contributed by atoms with Crippen molar-refractivity contribution in [1.82, 2.24) is 15.2 Å². The number of rotatable bonds is 4. The van der Waals surface area contributed by atoms with Crippen molar-refractivity contribution in [3.05, 3.63) is 28.5 Å². The second-order valence-corrected chi connectivity index (χ2v) is 5.91. The first-order valence-corrected chi connectivity index (χ1v) is 7.55. The number of nitrogens with one attached hydrogen (secondary N) is 1. The zero-order chi connectivity index (χ0) is 13.0. The highest BCUT2D eigenvalue weighted by atomic mass is 79.9. The van der Waals surface area contributed by atoms with E-state index in [2.05, 4.69) is 57.1 Å². The summed E-state index contributed by atoms with van der Waals surface area (Å²) in [4.78, 5) is 7.09. The predicted molar refractivity (Wildman–Crippen MR) is 78.5 cm³/mol. The van der Waals surface area contributed by atoms with Gasteiger partial charge in [-0.25, -0.2) is 0 Å². The number of aromatic nitrogens is 1. The van der Waals surface area contributed by atoms with Gasteiger partial charge in [-0.1, -0.05) is 13.8 Å². The third-order valence-electron chi connectivity index (χ3n) is 4.14. The SMILES string of the molecule is CCC1(CC)CNCCN1Cc1ccc(Br)cn1. The van der Waals surface area contributed by atoms with Crippen molar-refractivity contribution in [2.24, 2.45) is 0 Å². The molecule has 1 aliphatic heterocycles. The summed E-state index contributed by atoms with van der Waals surface area (Å²) in [6.07, 6.45) is 4.26. The van der Waals surface area contributed by atoms with E-state index >= 15 is 0 Å². The summed E-state index contributed by atoms with van der Waals surface area (Å²) < 4.78 is 1.05. The van der Waals surface area contributed by atoms with E-state index in [9.17, 15) is 0 Å². The summed E-state index contributed by atoms with van der Waals surface area (Å²) in [5.41, 5.74) is 1.46. The molecule has 0 saturated carbocycles. The zero-order valence-corrected chi connectivity index (χ0v) is 12.8. The molecule has 3 nitrogen and oxygen atoms in total. The molecule has 1 aromatic heterocycles.